The van der Waals surface area contributed by atoms with Gasteiger partial charge >= 0.3 is 0 Å². The summed E-state index contributed by atoms with van der Waals surface area (Å²) >= 11 is 4.80. The van der Waals surface area contributed by atoms with Crippen LogP contribution in [0, 0.1) is 6.92 Å². The van der Waals surface area contributed by atoms with Gasteiger partial charge in [0, 0.05) is 28.7 Å². The summed E-state index contributed by atoms with van der Waals surface area (Å²) in [6.45, 7) is 2.03. The zero-order valence-electron chi connectivity index (χ0n) is 14.2. The molecule has 0 fully saturated rings. The number of hydrogen-bond acceptors (Lipinski definition) is 4. The Kier molecular flexibility index (Phi) is 5.53. The van der Waals surface area contributed by atoms with Crippen LogP contribution in [0.4, 0.5) is 0 Å². The molecule has 0 bridgehead atoms. The number of aryl methyl sites for hydroxylation is 2. The van der Waals surface area contributed by atoms with Gasteiger partial charge < -0.3 is 4.57 Å². The van der Waals surface area contributed by atoms with Gasteiger partial charge in [0.2, 0.25) is 5.91 Å². The molecule has 3 aromatic rings. The first kappa shape index (κ1) is 18.3. The summed E-state index contributed by atoms with van der Waals surface area (Å²) < 4.78 is 2.46. The first-order valence-electron chi connectivity index (χ1n) is 7.85. The Labute approximate surface area is 163 Å². The van der Waals surface area contributed by atoms with Crippen LogP contribution in [-0.4, -0.2) is 21.4 Å². The van der Waals surface area contributed by atoms with Gasteiger partial charge in [0.05, 0.1) is 12.1 Å². The minimum Gasteiger partial charge on any atom is -0.345 e. The number of nitrogens with one attached hydrogen (secondary N) is 2. The van der Waals surface area contributed by atoms with Crippen molar-refractivity contribution < 1.29 is 9.59 Å². The Morgan fingerprint density at radius 1 is 1.27 bits per heavy atom. The summed E-state index contributed by atoms with van der Waals surface area (Å²) in [5, 5.41) is 2.72. The number of carbonyl (C=O) groups is 2. The van der Waals surface area contributed by atoms with Crippen molar-refractivity contribution in [3.8, 4) is 10.6 Å². The number of benzene rings is 1. The fourth-order valence-electron chi connectivity index (χ4n) is 2.45. The number of hydrazine groups is 1. The van der Waals surface area contributed by atoms with Gasteiger partial charge in [-0.15, -0.1) is 11.3 Å². The molecule has 0 saturated carbocycles. The molecular weight excluding hydrogens is 416 g/mol. The maximum absolute atomic E-state index is 12.1. The fourth-order valence-corrected chi connectivity index (χ4v) is 3.79. The lowest BCUT2D eigenvalue weighted by molar-refractivity contribution is -0.121. The van der Waals surface area contributed by atoms with E-state index in [2.05, 4.69) is 37.8 Å². The molecule has 2 heterocycles. The fraction of sp³-hybridized carbons (Fsp3) is 0.167. The van der Waals surface area contributed by atoms with Crippen LogP contribution in [-0.2, 0) is 18.3 Å². The number of nitrogens with zero attached hydrogens (tertiary/aromatic N) is 2. The number of aromatic nitrogens is 2. The third kappa shape index (κ3) is 4.39. The van der Waals surface area contributed by atoms with Crippen LogP contribution in [0.25, 0.3) is 10.6 Å². The smallest absolute Gasteiger partial charge is 0.286 e. The lowest BCUT2D eigenvalue weighted by Crippen LogP contribution is -2.43. The average Bonchev–Trinajstić information content (AvgIpc) is 3.19. The second kappa shape index (κ2) is 7.84. The highest BCUT2D eigenvalue weighted by molar-refractivity contribution is 9.10. The summed E-state index contributed by atoms with van der Waals surface area (Å²) in [5.74, 6) is -0.710. The van der Waals surface area contributed by atoms with E-state index in [1.165, 1.54) is 11.3 Å². The molecule has 134 valence electrons. The van der Waals surface area contributed by atoms with Gasteiger partial charge in [-0.25, -0.2) is 4.98 Å². The van der Waals surface area contributed by atoms with Crippen molar-refractivity contribution in [1.29, 1.82) is 0 Å². The maximum atomic E-state index is 12.1. The molecule has 2 amide bonds. The Balaban J connectivity index is 1.57. The first-order valence-corrected chi connectivity index (χ1v) is 9.52. The van der Waals surface area contributed by atoms with Gasteiger partial charge in [-0.3, -0.25) is 20.4 Å². The molecule has 0 aliphatic heterocycles. The molecule has 0 aliphatic rings. The van der Waals surface area contributed by atoms with E-state index in [1.807, 2.05) is 30.5 Å². The van der Waals surface area contributed by atoms with Gasteiger partial charge in [-0.1, -0.05) is 23.8 Å². The number of thiazole rings is 1. The predicted octanol–water partition coefficient (Wildman–Crippen LogP) is 3.22. The quantitative estimate of drug-likeness (QED) is 0.621. The molecule has 1 aromatic carbocycles. The normalized spacial score (nSPS) is 10.6. The van der Waals surface area contributed by atoms with E-state index < -0.39 is 0 Å². The van der Waals surface area contributed by atoms with E-state index in [1.54, 1.807) is 23.9 Å². The van der Waals surface area contributed by atoms with E-state index in [4.69, 9.17) is 0 Å². The van der Waals surface area contributed by atoms with Crippen LogP contribution in [0.1, 0.15) is 21.7 Å². The average molecular weight is 433 g/mol. The van der Waals surface area contributed by atoms with E-state index >= 15 is 0 Å². The Morgan fingerprint density at radius 3 is 2.77 bits per heavy atom. The van der Waals surface area contributed by atoms with Crippen molar-refractivity contribution in [1.82, 2.24) is 20.4 Å². The van der Waals surface area contributed by atoms with Gasteiger partial charge in [0.15, 0.2) is 0 Å². The molecule has 2 aromatic heterocycles. The van der Waals surface area contributed by atoms with Crippen LogP contribution < -0.4 is 10.9 Å². The van der Waals surface area contributed by atoms with Gasteiger partial charge in [0.25, 0.3) is 5.91 Å². The van der Waals surface area contributed by atoms with Crippen molar-refractivity contribution in [2.24, 2.45) is 7.05 Å². The van der Waals surface area contributed by atoms with Crippen molar-refractivity contribution in [2.45, 2.75) is 13.3 Å². The van der Waals surface area contributed by atoms with Crippen molar-refractivity contribution in [3.05, 3.63) is 63.3 Å². The lowest BCUT2D eigenvalue weighted by atomic mass is 10.1. The first-order chi connectivity index (χ1) is 12.4. The SMILES string of the molecule is Cc1cccc(-c2nc(CC(=O)NNC(=O)c3cc(Br)cn3C)cs2)c1. The predicted molar refractivity (Wildman–Crippen MR) is 105 cm³/mol. The third-order valence-corrected chi connectivity index (χ3v) is 5.05. The molecule has 0 spiro atoms. The molecule has 26 heavy (non-hydrogen) atoms. The molecule has 0 atom stereocenters. The highest BCUT2D eigenvalue weighted by atomic mass is 79.9. The molecule has 0 radical (unpaired) electrons. The monoisotopic (exact) mass is 432 g/mol. The number of hydrogen-bond donors (Lipinski definition) is 2. The van der Waals surface area contributed by atoms with Gasteiger partial charge in [0.1, 0.15) is 10.7 Å². The largest absolute Gasteiger partial charge is 0.345 e. The van der Waals surface area contributed by atoms with Gasteiger partial charge in [-0.05, 0) is 35.0 Å². The summed E-state index contributed by atoms with van der Waals surface area (Å²) in [6.07, 6.45) is 1.86. The standard InChI is InChI=1S/C18H17BrN4O2S/c1-11-4-3-5-12(6-11)18-20-14(10-26-18)8-16(24)21-22-17(25)15-7-13(19)9-23(15)2/h3-7,9-10H,8H2,1-2H3,(H,21,24)(H,22,25). The Bertz CT molecular complexity index is 964. The number of amides is 2. The third-order valence-electron chi connectivity index (χ3n) is 3.68. The topological polar surface area (TPSA) is 76.0 Å². The number of carbonyl (C=O) groups excluding carboxylic acids is 2. The molecule has 0 aliphatic carbocycles. The van der Waals surface area contributed by atoms with Crippen LogP contribution in [0.5, 0.6) is 0 Å². The summed E-state index contributed by atoms with van der Waals surface area (Å²) in [5.41, 5.74) is 8.13. The van der Waals surface area contributed by atoms with Crippen molar-refractivity contribution >= 4 is 39.1 Å². The highest BCUT2D eigenvalue weighted by Crippen LogP contribution is 2.24. The molecule has 0 unspecified atom stereocenters. The van der Waals surface area contributed by atoms with Crippen molar-refractivity contribution in [3.63, 3.8) is 0 Å². The van der Waals surface area contributed by atoms with Crippen LogP contribution in [0.15, 0.2) is 46.4 Å². The summed E-state index contributed by atoms with van der Waals surface area (Å²) in [4.78, 5) is 28.6. The maximum Gasteiger partial charge on any atom is 0.286 e. The number of rotatable bonds is 4. The van der Waals surface area contributed by atoms with Crippen LogP contribution in [0.2, 0.25) is 0 Å². The minimum absolute atomic E-state index is 0.0967. The Hall–Kier alpha value is -2.45. The van der Waals surface area contributed by atoms with Gasteiger partial charge in [-0.2, -0.15) is 0 Å². The molecule has 6 nitrogen and oxygen atoms in total. The second-order valence-corrected chi connectivity index (χ2v) is 7.62. The van der Waals surface area contributed by atoms with Crippen LogP contribution >= 0.6 is 27.3 Å². The van der Waals surface area contributed by atoms with E-state index in [9.17, 15) is 9.59 Å². The van der Waals surface area contributed by atoms with E-state index in [0.717, 1.165) is 20.6 Å². The zero-order chi connectivity index (χ0) is 18.7. The lowest BCUT2D eigenvalue weighted by Gasteiger charge is -2.07. The van der Waals surface area contributed by atoms with Crippen LogP contribution in [0.3, 0.4) is 0 Å². The summed E-state index contributed by atoms with van der Waals surface area (Å²) in [7, 11) is 1.75. The molecule has 8 heteroatoms. The highest BCUT2D eigenvalue weighted by Gasteiger charge is 2.13. The zero-order valence-corrected chi connectivity index (χ0v) is 16.6. The van der Waals surface area contributed by atoms with E-state index in [-0.39, 0.29) is 18.2 Å². The minimum atomic E-state index is -0.384. The molecular formula is C18H17BrN4O2S. The molecule has 0 saturated heterocycles. The summed E-state index contributed by atoms with van der Waals surface area (Å²) in [6, 6.07) is 9.74. The Morgan fingerprint density at radius 2 is 2.08 bits per heavy atom. The van der Waals surface area contributed by atoms with E-state index in [0.29, 0.717) is 11.4 Å². The van der Waals surface area contributed by atoms with Crippen molar-refractivity contribution in [2.75, 3.05) is 0 Å². The number of halogens is 1. The second-order valence-electron chi connectivity index (χ2n) is 5.85. The molecule has 2 N–H and O–H groups in total. The molecule has 3 rings (SSSR count).